The number of para-hydroxylation sites is 1. The molecule has 0 bridgehead atoms. The molecule has 114 valence electrons. The third kappa shape index (κ3) is 3.39. The summed E-state index contributed by atoms with van der Waals surface area (Å²) in [4.78, 5) is 25.7. The molecule has 1 heterocycles. The number of aryl methyl sites for hydroxylation is 2. The highest BCUT2D eigenvalue weighted by Gasteiger charge is 2.20. The summed E-state index contributed by atoms with van der Waals surface area (Å²) in [6, 6.07) is 9.17. The van der Waals surface area contributed by atoms with E-state index in [0.29, 0.717) is 10.6 Å². The largest absolute Gasteiger partial charge is 0.451 e. The fourth-order valence-electron chi connectivity index (χ4n) is 2.38. The molecule has 1 N–H and O–H groups in total. The van der Waals surface area contributed by atoms with Crippen LogP contribution in [0.1, 0.15) is 26.5 Å². The Hall–Kier alpha value is -1.66. The Morgan fingerprint density at radius 2 is 2.09 bits per heavy atom. The Labute approximate surface area is 140 Å². The molecule has 4 nitrogen and oxygen atoms in total. The third-order valence-electron chi connectivity index (χ3n) is 3.43. The molecule has 0 aliphatic heterocycles. The minimum atomic E-state index is -0.429. The highest BCUT2D eigenvalue weighted by Crippen LogP contribution is 2.30. The molecular weight excluding hydrogens is 366 g/mol. The number of amides is 1. The second-order valence-corrected chi connectivity index (χ2v) is 7.01. The first-order chi connectivity index (χ1) is 10.6. The Morgan fingerprint density at radius 1 is 1.27 bits per heavy atom. The summed E-state index contributed by atoms with van der Waals surface area (Å²) in [7, 11) is 0. The zero-order valence-corrected chi connectivity index (χ0v) is 14.1. The number of hydrogen-bond acceptors (Lipinski definition) is 4. The quantitative estimate of drug-likeness (QED) is 0.822. The number of carbonyl (C=O) groups excluding carboxylic acids is 2. The summed E-state index contributed by atoms with van der Waals surface area (Å²) in [6.45, 7) is -0.289. The van der Waals surface area contributed by atoms with Gasteiger partial charge in [-0.2, -0.15) is 0 Å². The lowest BCUT2D eigenvalue weighted by molar-refractivity contribution is -0.119. The molecular formula is C16H14BrNO3S. The molecule has 1 aromatic carbocycles. The predicted octanol–water partition coefficient (Wildman–Crippen LogP) is 3.79. The maximum Gasteiger partial charge on any atom is 0.348 e. The van der Waals surface area contributed by atoms with E-state index in [9.17, 15) is 9.59 Å². The van der Waals surface area contributed by atoms with E-state index in [1.165, 1.54) is 21.8 Å². The van der Waals surface area contributed by atoms with E-state index in [0.717, 1.165) is 23.7 Å². The van der Waals surface area contributed by atoms with Crippen molar-refractivity contribution in [2.45, 2.75) is 19.3 Å². The van der Waals surface area contributed by atoms with Gasteiger partial charge in [-0.3, -0.25) is 4.79 Å². The average molecular weight is 380 g/mol. The minimum Gasteiger partial charge on any atom is -0.451 e. The summed E-state index contributed by atoms with van der Waals surface area (Å²) in [6.07, 6.45) is 3.22. The summed E-state index contributed by atoms with van der Waals surface area (Å²) in [5, 5.41) is 2.70. The van der Waals surface area contributed by atoms with Crippen LogP contribution in [0.3, 0.4) is 0 Å². The van der Waals surface area contributed by atoms with Crippen LogP contribution in [0.15, 0.2) is 34.8 Å². The minimum absolute atomic E-state index is 0.289. The monoisotopic (exact) mass is 379 g/mol. The van der Waals surface area contributed by atoms with Gasteiger partial charge in [-0.05, 0) is 59.0 Å². The van der Waals surface area contributed by atoms with E-state index >= 15 is 0 Å². The zero-order valence-electron chi connectivity index (χ0n) is 11.7. The maximum absolute atomic E-state index is 12.0. The van der Waals surface area contributed by atoms with Crippen molar-refractivity contribution in [1.82, 2.24) is 0 Å². The molecule has 0 fully saturated rings. The average Bonchev–Trinajstić information content (AvgIpc) is 3.08. The molecule has 1 aliphatic rings. The Kier molecular flexibility index (Phi) is 4.59. The summed E-state index contributed by atoms with van der Waals surface area (Å²) >= 11 is 4.82. The van der Waals surface area contributed by atoms with Crippen molar-refractivity contribution < 1.29 is 14.3 Å². The van der Waals surface area contributed by atoms with Crippen LogP contribution in [-0.2, 0) is 22.4 Å². The van der Waals surface area contributed by atoms with Gasteiger partial charge in [0, 0.05) is 9.35 Å². The number of esters is 1. The zero-order chi connectivity index (χ0) is 15.5. The normalized spacial score (nSPS) is 12.8. The molecule has 0 radical (unpaired) electrons. The van der Waals surface area contributed by atoms with Gasteiger partial charge in [0.2, 0.25) is 0 Å². The Morgan fingerprint density at radius 3 is 2.86 bits per heavy atom. The molecule has 0 spiro atoms. The molecule has 0 atom stereocenters. The van der Waals surface area contributed by atoms with Crippen LogP contribution in [-0.4, -0.2) is 18.5 Å². The number of thiophene rings is 1. The van der Waals surface area contributed by atoms with Crippen molar-refractivity contribution in [1.29, 1.82) is 0 Å². The highest BCUT2D eigenvalue weighted by molar-refractivity contribution is 9.10. The van der Waals surface area contributed by atoms with Crippen LogP contribution in [0.5, 0.6) is 0 Å². The first kappa shape index (κ1) is 15.2. The number of ether oxygens (including phenoxy) is 1. The number of carbonyl (C=O) groups is 2. The van der Waals surface area contributed by atoms with Gasteiger partial charge < -0.3 is 10.1 Å². The van der Waals surface area contributed by atoms with Gasteiger partial charge in [-0.25, -0.2) is 4.79 Å². The smallest absolute Gasteiger partial charge is 0.348 e. The Balaban J connectivity index is 1.54. The lowest BCUT2D eigenvalue weighted by atomic mass is 10.2. The van der Waals surface area contributed by atoms with Crippen LogP contribution in [0.4, 0.5) is 5.69 Å². The van der Waals surface area contributed by atoms with E-state index in [1.807, 2.05) is 24.3 Å². The maximum atomic E-state index is 12.0. The van der Waals surface area contributed by atoms with Crippen LogP contribution >= 0.6 is 27.3 Å². The van der Waals surface area contributed by atoms with Gasteiger partial charge in [-0.1, -0.05) is 12.1 Å². The van der Waals surface area contributed by atoms with E-state index in [4.69, 9.17) is 4.74 Å². The summed E-state index contributed by atoms with van der Waals surface area (Å²) in [5.74, 6) is -0.786. The third-order valence-corrected chi connectivity index (χ3v) is 5.34. The van der Waals surface area contributed by atoms with Crippen LogP contribution < -0.4 is 5.32 Å². The van der Waals surface area contributed by atoms with Gasteiger partial charge in [0.15, 0.2) is 6.61 Å². The van der Waals surface area contributed by atoms with Gasteiger partial charge >= 0.3 is 5.97 Å². The molecule has 6 heteroatoms. The van der Waals surface area contributed by atoms with Crippen LogP contribution in [0, 0.1) is 0 Å². The molecule has 0 saturated heterocycles. The molecule has 3 rings (SSSR count). The highest BCUT2D eigenvalue weighted by atomic mass is 79.9. The van der Waals surface area contributed by atoms with E-state index in [2.05, 4.69) is 21.2 Å². The standard InChI is InChI=1S/C16H14BrNO3S/c17-11-5-1-2-6-12(11)18-15(19)9-21-16(20)14-8-10-4-3-7-13(10)22-14/h1-2,5-6,8H,3-4,7,9H2,(H,18,19). The fourth-order valence-corrected chi connectivity index (χ4v) is 3.91. The number of nitrogens with one attached hydrogen (secondary N) is 1. The summed E-state index contributed by atoms with van der Waals surface area (Å²) < 4.78 is 5.86. The molecule has 1 aliphatic carbocycles. The number of fused-ring (bicyclic) bond motifs is 1. The predicted molar refractivity (Wildman–Crippen MR) is 89.4 cm³/mol. The van der Waals surface area contributed by atoms with E-state index < -0.39 is 5.97 Å². The van der Waals surface area contributed by atoms with Crippen molar-refractivity contribution in [3.63, 3.8) is 0 Å². The van der Waals surface area contributed by atoms with Gasteiger partial charge in [0.05, 0.1) is 5.69 Å². The van der Waals surface area contributed by atoms with Crippen molar-refractivity contribution >= 4 is 44.8 Å². The lowest BCUT2D eigenvalue weighted by Crippen LogP contribution is -2.20. The van der Waals surface area contributed by atoms with Crippen molar-refractivity contribution in [3.8, 4) is 0 Å². The van der Waals surface area contributed by atoms with E-state index in [1.54, 1.807) is 6.07 Å². The fraction of sp³-hybridized carbons (Fsp3) is 0.250. The van der Waals surface area contributed by atoms with Crippen LogP contribution in [0.2, 0.25) is 0 Å². The van der Waals surface area contributed by atoms with Gasteiger partial charge in [0.1, 0.15) is 4.88 Å². The van der Waals surface area contributed by atoms with Gasteiger partial charge in [-0.15, -0.1) is 11.3 Å². The number of anilines is 1. The van der Waals surface area contributed by atoms with Crippen LogP contribution in [0.25, 0.3) is 0 Å². The van der Waals surface area contributed by atoms with E-state index in [-0.39, 0.29) is 12.5 Å². The topological polar surface area (TPSA) is 55.4 Å². The Bertz CT molecular complexity index is 704. The second kappa shape index (κ2) is 6.62. The molecule has 2 aromatic rings. The second-order valence-electron chi connectivity index (χ2n) is 5.02. The number of hydrogen-bond donors (Lipinski definition) is 1. The molecule has 0 saturated carbocycles. The summed E-state index contributed by atoms with van der Waals surface area (Å²) in [5.41, 5.74) is 1.90. The van der Waals surface area contributed by atoms with Crippen molar-refractivity contribution in [3.05, 3.63) is 50.1 Å². The lowest BCUT2D eigenvalue weighted by Gasteiger charge is -2.07. The van der Waals surface area contributed by atoms with Crippen molar-refractivity contribution in [2.24, 2.45) is 0 Å². The number of rotatable bonds is 4. The first-order valence-corrected chi connectivity index (χ1v) is 8.57. The number of benzene rings is 1. The first-order valence-electron chi connectivity index (χ1n) is 6.96. The molecule has 22 heavy (non-hydrogen) atoms. The molecule has 1 aromatic heterocycles. The SMILES string of the molecule is O=C(COC(=O)c1cc2c(s1)CCC2)Nc1ccccc1Br. The van der Waals surface area contributed by atoms with Gasteiger partial charge in [0.25, 0.3) is 5.91 Å². The molecule has 0 unspecified atom stereocenters. The van der Waals surface area contributed by atoms with Crippen molar-refractivity contribution in [2.75, 3.05) is 11.9 Å². The molecule has 1 amide bonds. The number of halogens is 1.